The zero-order valence-electron chi connectivity index (χ0n) is 18.9. The molecule has 2 fully saturated rings. The predicted molar refractivity (Wildman–Crippen MR) is 120 cm³/mol. The normalized spacial score (nSPS) is 21.5. The van der Waals surface area contributed by atoms with Crippen LogP contribution in [0.5, 0.6) is 5.75 Å². The zero-order valence-corrected chi connectivity index (χ0v) is 18.9. The summed E-state index contributed by atoms with van der Waals surface area (Å²) in [6, 6.07) is 6.84. The average Bonchev–Trinajstić information content (AvgIpc) is 3.19. The van der Waals surface area contributed by atoms with Gasteiger partial charge in [-0.1, -0.05) is 39.5 Å². The fourth-order valence-electron chi connectivity index (χ4n) is 4.41. The third-order valence-corrected chi connectivity index (χ3v) is 6.62. The second-order valence-electron chi connectivity index (χ2n) is 8.82. The van der Waals surface area contributed by atoms with Gasteiger partial charge in [-0.05, 0) is 43.0 Å². The van der Waals surface area contributed by atoms with Gasteiger partial charge in [-0.25, -0.2) is 0 Å². The van der Waals surface area contributed by atoms with Gasteiger partial charge in [0.1, 0.15) is 11.8 Å². The number of hydrogen-bond donors (Lipinski definition) is 2. The van der Waals surface area contributed by atoms with Gasteiger partial charge in [-0.2, -0.15) is 0 Å². The number of carbonyl (C=O) groups is 3. The molecule has 3 atom stereocenters. The highest BCUT2D eigenvalue weighted by molar-refractivity contribution is 6.01. The molecule has 1 saturated carbocycles. The first-order valence-corrected chi connectivity index (χ1v) is 11.5. The summed E-state index contributed by atoms with van der Waals surface area (Å²) in [6.07, 6.45) is 6.42. The molecule has 2 N–H and O–H groups in total. The Labute approximate surface area is 184 Å². The van der Waals surface area contributed by atoms with Crippen molar-refractivity contribution in [1.29, 1.82) is 0 Å². The van der Waals surface area contributed by atoms with Gasteiger partial charge in [-0.3, -0.25) is 14.4 Å². The topological polar surface area (TPSA) is 87.7 Å². The Morgan fingerprint density at radius 2 is 1.84 bits per heavy atom. The summed E-state index contributed by atoms with van der Waals surface area (Å²) < 4.78 is 5.17. The third-order valence-electron chi connectivity index (χ3n) is 6.62. The van der Waals surface area contributed by atoms with Crippen LogP contribution in [0.25, 0.3) is 0 Å². The third kappa shape index (κ3) is 5.77. The van der Waals surface area contributed by atoms with Gasteiger partial charge in [0.25, 0.3) is 0 Å². The van der Waals surface area contributed by atoms with Crippen molar-refractivity contribution >= 4 is 23.4 Å². The van der Waals surface area contributed by atoms with E-state index in [2.05, 4.69) is 10.6 Å². The Bertz CT molecular complexity index is 774. The van der Waals surface area contributed by atoms with Gasteiger partial charge in [0.05, 0.1) is 13.0 Å². The Kier molecular flexibility index (Phi) is 7.93. The first-order chi connectivity index (χ1) is 14.9. The van der Waals surface area contributed by atoms with Gasteiger partial charge < -0.3 is 20.3 Å². The quantitative estimate of drug-likeness (QED) is 0.665. The van der Waals surface area contributed by atoms with Crippen molar-refractivity contribution in [2.24, 2.45) is 11.8 Å². The molecule has 1 aliphatic heterocycles. The van der Waals surface area contributed by atoms with Crippen LogP contribution in [0.2, 0.25) is 0 Å². The molecule has 1 aromatic carbocycles. The van der Waals surface area contributed by atoms with E-state index in [4.69, 9.17) is 4.74 Å². The fourth-order valence-corrected chi connectivity index (χ4v) is 4.41. The van der Waals surface area contributed by atoms with E-state index in [0.29, 0.717) is 12.3 Å². The number of anilines is 1. The summed E-state index contributed by atoms with van der Waals surface area (Å²) in [5.74, 6) is -0.160. The van der Waals surface area contributed by atoms with Crippen LogP contribution >= 0.6 is 0 Å². The minimum Gasteiger partial charge on any atom is -0.497 e. The smallest absolute Gasteiger partial charge is 0.243 e. The molecule has 3 amide bonds. The van der Waals surface area contributed by atoms with Crippen LogP contribution < -0.4 is 20.3 Å². The van der Waals surface area contributed by atoms with E-state index in [1.807, 2.05) is 26.0 Å². The molecular formula is C24H35N3O4. The first kappa shape index (κ1) is 23.1. The van der Waals surface area contributed by atoms with Crippen LogP contribution in [0.1, 0.15) is 58.8 Å². The van der Waals surface area contributed by atoms with Crippen LogP contribution in [-0.2, 0) is 14.4 Å². The Morgan fingerprint density at radius 3 is 2.45 bits per heavy atom. The maximum Gasteiger partial charge on any atom is 0.243 e. The maximum absolute atomic E-state index is 13.0. The summed E-state index contributed by atoms with van der Waals surface area (Å²) in [5.41, 5.74) is 0.745. The van der Waals surface area contributed by atoms with Gasteiger partial charge >= 0.3 is 0 Å². The van der Waals surface area contributed by atoms with Crippen molar-refractivity contribution in [3.8, 4) is 5.75 Å². The number of nitrogens with one attached hydrogen (secondary N) is 2. The van der Waals surface area contributed by atoms with Gasteiger partial charge in [0.15, 0.2) is 0 Å². The monoisotopic (exact) mass is 429 g/mol. The molecule has 0 aromatic heterocycles. The van der Waals surface area contributed by atoms with Crippen LogP contribution in [0, 0.1) is 11.8 Å². The number of amides is 3. The molecule has 7 heteroatoms. The van der Waals surface area contributed by atoms with E-state index in [0.717, 1.165) is 37.8 Å². The lowest BCUT2D eigenvalue weighted by molar-refractivity contribution is -0.132. The van der Waals surface area contributed by atoms with Crippen molar-refractivity contribution < 1.29 is 19.1 Å². The summed E-state index contributed by atoms with van der Waals surface area (Å²) in [4.78, 5) is 40.1. The largest absolute Gasteiger partial charge is 0.497 e. The number of hydrogen-bond acceptors (Lipinski definition) is 4. The Hall–Kier alpha value is -2.57. The highest BCUT2D eigenvalue weighted by Crippen LogP contribution is 2.27. The molecule has 0 unspecified atom stereocenters. The second kappa shape index (κ2) is 10.6. The molecule has 1 heterocycles. The number of carbonyl (C=O) groups excluding carboxylic acids is 3. The van der Waals surface area contributed by atoms with Crippen LogP contribution in [0.3, 0.4) is 0 Å². The lowest BCUT2D eigenvalue weighted by atomic mass is 9.93. The van der Waals surface area contributed by atoms with E-state index in [-0.39, 0.29) is 36.1 Å². The van der Waals surface area contributed by atoms with Crippen LogP contribution in [0.15, 0.2) is 24.3 Å². The Morgan fingerprint density at radius 1 is 1.16 bits per heavy atom. The van der Waals surface area contributed by atoms with Gasteiger partial charge in [-0.15, -0.1) is 0 Å². The molecule has 0 radical (unpaired) electrons. The van der Waals surface area contributed by atoms with Crippen molar-refractivity contribution in [3.05, 3.63) is 24.3 Å². The van der Waals surface area contributed by atoms with E-state index in [1.54, 1.807) is 24.1 Å². The van der Waals surface area contributed by atoms with Crippen molar-refractivity contribution in [2.75, 3.05) is 18.6 Å². The molecule has 1 aromatic rings. The fraction of sp³-hybridized carbons (Fsp3) is 0.625. The van der Waals surface area contributed by atoms with Crippen molar-refractivity contribution in [3.63, 3.8) is 0 Å². The summed E-state index contributed by atoms with van der Waals surface area (Å²) >= 11 is 0. The number of ether oxygens (including phenoxy) is 1. The molecule has 1 saturated heterocycles. The Balaban J connectivity index is 1.62. The molecule has 31 heavy (non-hydrogen) atoms. The van der Waals surface area contributed by atoms with Crippen molar-refractivity contribution in [2.45, 2.75) is 70.9 Å². The highest BCUT2D eigenvalue weighted by atomic mass is 16.5. The molecule has 0 bridgehead atoms. The number of methoxy groups -OCH3 is 1. The predicted octanol–water partition coefficient (Wildman–Crippen LogP) is 3.03. The summed E-state index contributed by atoms with van der Waals surface area (Å²) in [7, 11) is 1.59. The van der Waals surface area contributed by atoms with Crippen molar-refractivity contribution in [1.82, 2.24) is 10.6 Å². The van der Waals surface area contributed by atoms with Gasteiger partial charge in [0, 0.05) is 24.7 Å². The molecule has 2 aliphatic rings. The maximum atomic E-state index is 13.0. The average molecular weight is 430 g/mol. The highest BCUT2D eigenvalue weighted by Gasteiger charge is 2.37. The van der Waals surface area contributed by atoms with Gasteiger partial charge in [0.2, 0.25) is 17.7 Å². The number of benzene rings is 1. The molecular weight excluding hydrogens is 394 g/mol. The second-order valence-corrected chi connectivity index (χ2v) is 8.82. The van der Waals surface area contributed by atoms with E-state index in [9.17, 15) is 14.4 Å². The van der Waals surface area contributed by atoms with Crippen LogP contribution in [-0.4, -0.2) is 43.5 Å². The van der Waals surface area contributed by atoms with Crippen LogP contribution in [0.4, 0.5) is 5.69 Å². The summed E-state index contributed by atoms with van der Waals surface area (Å²) in [6.45, 7) is 4.31. The van der Waals surface area contributed by atoms with E-state index >= 15 is 0 Å². The zero-order chi connectivity index (χ0) is 22.4. The van der Waals surface area contributed by atoms with E-state index < -0.39 is 12.0 Å². The lowest BCUT2D eigenvalue weighted by Gasteiger charge is -2.29. The molecule has 0 spiro atoms. The first-order valence-electron chi connectivity index (χ1n) is 11.5. The SMILES string of the molecule is CC[C@H](C)[C@H](NC(=O)[C@@H]1CC(=O)N(c2ccc(OC)cc2)C1)C(=O)NC1CCCCC1. The van der Waals surface area contributed by atoms with E-state index in [1.165, 1.54) is 6.42 Å². The molecule has 1 aliphatic carbocycles. The summed E-state index contributed by atoms with van der Waals surface area (Å²) in [5, 5.41) is 6.10. The number of rotatable bonds is 8. The number of nitrogens with zero attached hydrogens (tertiary/aromatic N) is 1. The standard InChI is InChI=1S/C24H35N3O4/c1-4-16(2)22(24(30)25-18-8-6-5-7-9-18)26-23(29)17-14-21(28)27(15-17)19-10-12-20(31-3)13-11-19/h10-13,16-18,22H,4-9,14-15H2,1-3H3,(H,25,30)(H,26,29)/t16-,17+,22-/m0/s1. The molecule has 170 valence electrons. The minimum absolute atomic E-state index is 0.0161. The molecule has 3 rings (SSSR count). The minimum atomic E-state index is -0.579. The molecule has 7 nitrogen and oxygen atoms in total. The lowest BCUT2D eigenvalue weighted by Crippen LogP contribution is -2.54.